The summed E-state index contributed by atoms with van der Waals surface area (Å²) in [6, 6.07) is 13.9. The van der Waals surface area contributed by atoms with Crippen LogP contribution in [0.1, 0.15) is 5.56 Å². The molecule has 0 aliphatic carbocycles. The van der Waals surface area contributed by atoms with E-state index in [1.165, 1.54) is 0 Å². The molecule has 2 aromatic heterocycles. The summed E-state index contributed by atoms with van der Waals surface area (Å²) >= 11 is 0. The summed E-state index contributed by atoms with van der Waals surface area (Å²) in [5.41, 5.74) is 9.91. The van der Waals surface area contributed by atoms with E-state index in [2.05, 4.69) is 30.5 Å². The van der Waals surface area contributed by atoms with Crippen molar-refractivity contribution in [3.8, 4) is 17.1 Å². The normalized spacial score (nSPS) is 13.7. The molecule has 0 radical (unpaired) electrons. The molecule has 4 aromatic rings. The molecule has 10 nitrogen and oxygen atoms in total. The largest absolute Gasteiger partial charge is 0.484 e. The van der Waals surface area contributed by atoms with Crippen molar-refractivity contribution in [2.24, 2.45) is 5.73 Å². The molecule has 4 N–H and O–H groups in total. The van der Waals surface area contributed by atoms with E-state index < -0.39 is 0 Å². The van der Waals surface area contributed by atoms with Crippen LogP contribution in [0.15, 0.2) is 48.7 Å². The van der Waals surface area contributed by atoms with Crippen LogP contribution in [-0.4, -0.2) is 75.7 Å². The van der Waals surface area contributed by atoms with Crippen LogP contribution in [0.3, 0.4) is 0 Å². The Morgan fingerprint density at radius 1 is 1.09 bits per heavy atom. The molecule has 1 fully saturated rings. The number of rotatable bonds is 7. The van der Waals surface area contributed by atoms with Crippen molar-refractivity contribution in [2.75, 3.05) is 44.2 Å². The van der Waals surface area contributed by atoms with Crippen LogP contribution >= 0.6 is 12.4 Å². The molecule has 0 spiro atoms. The van der Waals surface area contributed by atoms with Crippen molar-refractivity contribution in [3.63, 3.8) is 0 Å². The summed E-state index contributed by atoms with van der Waals surface area (Å²) in [5, 5.41) is 15.1. The highest BCUT2D eigenvalue weighted by Gasteiger charge is 2.22. The topological polar surface area (TPSA) is 129 Å². The van der Waals surface area contributed by atoms with Crippen LogP contribution in [0.25, 0.3) is 22.3 Å². The lowest BCUT2D eigenvalue weighted by molar-refractivity contribution is -0.133. The fourth-order valence-electron chi connectivity index (χ4n) is 4.17. The van der Waals surface area contributed by atoms with Crippen molar-refractivity contribution in [2.45, 2.75) is 6.42 Å². The maximum absolute atomic E-state index is 12.7. The number of anilines is 1. The first kappa shape index (κ1) is 23.5. The fraction of sp³-hybridized carbons (Fsp3) is 0.304. The average molecular weight is 483 g/mol. The Morgan fingerprint density at radius 3 is 2.59 bits per heavy atom. The Morgan fingerprint density at radius 2 is 1.88 bits per heavy atom. The number of tetrazole rings is 1. The molecule has 5 rings (SSSR count). The summed E-state index contributed by atoms with van der Waals surface area (Å²) in [6.07, 6.45) is 2.78. The van der Waals surface area contributed by atoms with E-state index in [4.69, 9.17) is 10.5 Å². The van der Waals surface area contributed by atoms with Crippen LogP contribution in [0.5, 0.6) is 5.75 Å². The van der Waals surface area contributed by atoms with Gasteiger partial charge in [-0.05, 0) is 66.2 Å². The van der Waals surface area contributed by atoms with E-state index in [0.717, 1.165) is 47.2 Å². The number of amides is 1. The molecular weight excluding hydrogens is 456 g/mol. The molecule has 0 unspecified atom stereocenters. The summed E-state index contributed by atoms with van der Waals surface area (Å²) in [6.45, 7) is 3.47. The number of ether oxygens (including phenoxy) is 1. The van der Waals surface area contributed by atoms with Crippen LogP contribution in [0.4, 0.5) is 5.69 Å². The van der Waals surface area contributed by atoms with Crippen molar-refractivity contribution in [1.82, 2.24) is 30.5 Å². The van der Waals surface area contributed by atoms with Crippen LogP contribution in [-0.2, 0) is 11.2 Å². The number of hydrogen-bond donors (Lipinski definition) is 3. The van der Waals surface area contributed by atoms with Gasteiger partial charge in [-0.1, -0.05) is 0 Å². The summed E-state index contributed by atoms with van der Waals surface area (Å²) in [5.74, 6) is 1.26. The Balaban J connectivity index is 0.00000274. The lowest BCUT2D eigenvalue weighted by Crippen LogP contribution is -2.50. The third kappa shape index (κ3) is 4.97. The molecule has 1 amide bonds. The third-order valence-corrected chi connectivity index (χ3v) is 5.98. The molecule has 34 heavy (non-hydrogen) atoms. The highest BCUT2D eigenvalue weighted by molar-refractivity contribution is 5.85. The minimum absolute atomic E-state index is 0. The zero-order valence-corrected chi connectivity index (χ0v) is 19.4. The smallest absolute Gasteiger partial charge is 0.260 e. The van der Waals surface area contributed by atoms with Crippen molar-refractivity contribution < 1.29 is 9.53 Å². The van der Waals surface area contributed by atoms with Gasteiger partial charge in [-0.15, -0.1) is 22.6 Å². The molecule has 1 saturated heterocycles. The zero-order chi connectivity index (χ0) is 22.6. The molecule has 3 heterocycles. The zero-order valence-electron chi connectivity index (χ0n) is 18.6. The molecule has 0 saturated carbocycles. The second-order valence-corrected chi connectivity index (χ2v) is 8.00. The molecule has 0 atom stereocenters. The van der Waals surface area contributed by atoms with E-state index in [-0.39, 0.29) is 24.9 Å². The highest BCUT2D eigenvalue weighted by atomic mass is 35.5. The number of aromatic nitrogens is 5. The summed E-state index contributed by atoms with van der Waals surface area (Å²) in [4.78, 5) is 20.1. The van der Waals surface area contributed by atoms with Gasteiger partial charge in [0, 0.05) is 54.5 Å². The van der Waals surface area contributed by atoms with Gasteiger partial charge in [-0.25, -0.2) is 0 Å². The van der Waals surface area contributed by atoms with E-state index in [0.29, 0.717) is 31.2 Å². The van der Waals surface area contributed by atoms with Gasteiger partial charge in [0.15, 0.2) is 6.61 Å². The van der Waals surface area contributed by atoms with E-state index in [9.17, 15) is 4.79 Å². The Hall–Kier alpha value is -3.63. The predicted octanol–water partition coefficient (Wildman–Crippen LogP) is 2.00. The first-order chi connectivity index (χ1) is 16.2. The number of aromatic amines is 2. The standard InChI is InChI=1S/C23H26N8O2.ClH/c24-8-7-17-14-25-21-6-5-19(13-20(17)21)33-15-22(32)31-11-9-30(10-12-31)18-3-1-16(2-4-18)23-26-28-29-27-23;/h1-6,13-14,25H,7-12,15,24H2,(H,26,27,28,29);1H. The van der Waals surface area contributed by atoms with Crippen LogP contribution < -0.4 is 15.4 Å². The van der Waals surface area contributed by atoms with Gasteiger partial charge in [0.2, 0.25) is 5.82 Å². The molecule has 178 valence electrons. The number of halogens is 1. The number of H-pyrrole nitrogens is 2. The average Bonchev–Trinajstić information content (AvgIpc) is 3.54. The van der Waals surface area contributed by atoms with Crippen molar-refractivity contribution in [3.05, 3.63) is 54.2 Å². The number of carbonyl (C=O) groups is 1. The van der Waals surface area contributed by atoms with Crippen LogP contribution in [0, 0.1) is 0 Å². The molecule has 0 bridgehead atoms. The summed E-state index contributed by atoms with van der Waals surface area (Å²) < 4.78 is 5.82. The number of carbonyl (C=O) groups excluding carboxylic acids is 1. The number of hydrogen-bond acceptors (Lipinski definition) is 7. The first-order valence-corrected chi connectivity index (χ1v) is 11.0. The number of fused-ring (bicyclic) bond motifs is 1. The lowest BCUT2D eigenvalue weighted by Gasteiger charge is -2.36. The van der Waals surface area contributed by atoms with Crippen molar-refractivity contribution in [1.29, 1.82) is 0 Å². The number of nitrogens with zero attached hydrogens (tertiary/aromatic N) is 5. The SMILES string of the molecule is Cl.NCCc1c[nH]c2ccc(OCC(=O)N3CCN(c4ccc(-c5nn[nH]n5)cc4)CC3)cc12. The number of benzene rings is 2. The van der Waals surface area contributed by atoms with Gasteiger partial charge >= 0.3 is 0 Å². The third-order valence-electron chi connectivity index (χ3n) is 5.98. The predicted molar refractivity (Wildman–Crippen MR) is 132 cm³/mol. The second-order valence-electron chi connectivity index (χ2n) is 8.00. The number of nitrogens with two attached hydrogens (primary N) is 1. The molecule has 1 aliphatic heterocycles. The van der Waals surface area contributed by atoms with Gasteiger partial charge in [0.25, 0.3) is 5.91 Å². The van der Waals surface area contributed by atoms with Gasteiger partial charge in [0.1, 0.15) is 5.75 Å². The minimum Gasteiger partial charge on any atom is -0.484 e. The van der Waals surface area contributed by atoms with E-state index in [1.807, 2.05) is 53.6 Å². The van der Waals surface area contributed by atoms with Gasteiger partial charge in [-0.2, -0.15) is 5.21 Å². The second kappa shape index (κ2) is 10.5. The Labute approximate surface area is 202 Å². The number of nitrogens with one attached hydrogen (secondary N) is 2. The molecule has 1 aliphatic rings. The first-order valence-electron chi connectivity index (χ1n) is 11.0. The minimum atomic E-state index is -0.00143. The quantitative estimate of drug-likeness (QED) is 0.367. The van der Waals surface area contributed by atoms with Gasteiger partial charge in [-0.3, -0.25) is 4.79 Å². The van der Waals surface area contributed by atoms with Gasteiger partial charge in [0.05, 0.1) is 0 Å². The van der Waals surface area contributed by atoms with Gasteiger partial charge < -0.3 is 25.3 Å². The maximum Gasteiger partial charge on any atom is 0.260 e. The van der Waals surface area contributed by atoms with Crippen molar-refractivity contribution >= 4 is 34.9 Å². The Kier molecular flexibility index (Phi) is 7.29. The number of piperazine rings is 1. The monoisotopic (exact) mass is 482 g/mol. The molecule has 11 heteroatoms. The fourth-order valence-corrected chi connectivity index (χ4v) is 4.17. The van der Waals surface area contributed by atoms with Crippen LogP contribution in [0.2, 0.25) is 0 Å². The van der Waals surface area contributed by atoms with E-state index in [1.54, 1.807) is 0 Å². The molecular formula is C23H27ClN8O2. The Bertz CT molecular complexity index is 1220. The molecule has 2 aromatic carbocycles. The maximum atomic E-state index is 12.7. The van der Waals surface area contributed by atoms with E-state index >= 15 is 0 Å². The summed E-state index contributed by atoms with van der Waals surface area (Å²) in [7, 11) is 0. The lowest BCUT2D eigenvalue weighted by atomic mass is 10.1. The highest BCUT2D eigenvalue weighted by Crippen LogP contribution is 2.24.